The highest BCUT2D eigenvalue weighted by Crippen LogP contribution is 2.34. The Hall–Kier alpha value is -0.380. The summed E-state index contributed by atoms with van der Waals surface area (Å²) in [5, 5.41) is 5.60. The van der Waals surface area contributed by atoms with E-state index in [1.165, 1.54) is 26.1 Å². The Morgan fingerprint density at radius 1 is 1.50 bits per heavy atom. The van der Waals surface area contributed by atoms with Crippen LogP contribution in [0, 0.1) is 0 Å². The van der Waals surface area contributed by atoms with Crippen molar-refractivity contribution in [1.29, 1.82) is 0 Å². The molecular formula is C11H16N2S. The van der Waals surface area contributed by atoms with Crippen molar-refractivity contribution in [3.8, 4) is 0 Å². The van der Waals surface area contributed by atoms with E-state index >= 15 is 0 Å². The van der Waals surface area contributed by atoms with Crippen molar-refractivity contribution in [2.45, 2.75) is 25.4 Å². The van der Waals surface area contributed by atoms with Gasteiger partial charge in [-0.2, -0.15) is 0 Å². The van der Waals surface area contributed by atoms with Gasteiger partial charge < -0.3 is 5.32 Å². The summed E-state index contributed by atoms with van der Waals surface area (Å²) in [6.07, 6.45) is 1.26. The van der Waals surface area contributed by atoms with Crippen molar-refractivity contribution in [3.63, 3.8) is 0 Å². The van der Waals surface area contributed by atoms with E-state index in [2.05, 4.69) is 28.6 Å². The summed E-state index contributed by atoms with van der Waals surface area (Å²) in [4.78, 5) is 4.27. The number of fused-ring (bicyclic) bond motifs is 1. The van der Waals surface area contributed by atoms with E-state index in [-0.39, 0.29) is 0 Å². The highest BCUT2D eigenvalue weighted by atomic mass is 32.1. The molecule has 2 nitrogen and oxygen atoms in total. The lowest BCUT2D eigenvalue weighted by Gasteiger charge is -2.44. The van der Waals surface area contributed by atoms with Crippen molar-refractivity contribution in [2.24, 2.45) is 0 Å². The molecule has 1 saturated heterocycles. The molecule has 2 aliphatic rings. The first-order chi connectivity index (χ1) is 6.86. The molecule has 1 aromatic rings. The summed E-state index contributed by atoms with van der Waals surface area (Å²) in [5.74, 6) is 0. The van der Waals surface area contributed by atoms with Gasteiger partial charge in [0.25, 0.3) is 0 Å². The Bertz CT molecular complexity index is 330. The summed E-state index contributed by atoms with van der Waals surface area (Å²) in [7, 11) is 0. The largest absolute Gasteiger partial charge is 0.314 e. The predicted octanol–water partition coefficient (Wildman–Crippen LogP) is 1.64. The molecule has 1 N–H and O–H groups in total. The summed E-state index contributed by atoms with van der Waals surface area (Å²) < 4.78 is 0. The number of thiophene rings is 1. The van der Waals surface area contributed by atoms with Crippen LogP contribution in [0.1, 0.15) is 23.4 Å². The Labute approximate surface area is 88.9 Å². The number of hydrogen-bond acceptors (Lipinski definition) is 3. The van der Waals surface area contributed by atoms with Gasteiger partial charge in [0.05, 0.1) is 0 Å². The van der Waals surface area contributed by atoms with Gasteiger partial charge in [0.2, 0.25) is 0 Å². The summed E-state index contributed by atoms with van der Waals surface area (Å²) in [6.45, 7) is 5.97. The van der Waals surface area contributed by atoms with Crippen molar-refractivity contribution in [2.75, 3.05) is 19.6 Å². The van der Waals surface area contributed by atoms with Crippen molar-refractivity contribution < 1.29 is 0 Å². The minimum Gasteiger partial charge on any atom is -0.314 e. The van der Waals surface area contributed by atoms with Crippen LogP contribution in [0.5, 0.6) is 0 Å². The Balaban J connectivity index is 1.85. The highest BCUT2D eigenvalue weighted by molar-refractivity contribution is 7.10. The van der Waals surface area contributed by atoms with Crippen molar-refractivity contribution in [1.82, 2.24) is 10.2 Å². The molecule has 3 heteroatoms. The van der Waals surface area contributed by atoms with E-state index in [1.807, 2.05) is 11.3 Å². The maximum absolute atomic E-state index is 3.36. The number of nitrogens with one attached hydrogen (secondary N) is 1. The molecule has 76 valence electrons. The zero-order chi connectivity index (χ0) is 9.54. The fourth-order valence-corrected chi connectivity index (χ4v) is 3.50. The minimum absolute atomic E-state index is 0.636. The third-order valence-corrected chi connectivity index (χ3v) is 4.55. The topological polar surface area (TPSA) is 15.3 Å². The molecule has 1 unspecified atom stereocenters. The van der Waals surface area contributed by atoms with Gasteiger partial charge in [0.15, 0.2) is 0 Å². The molecule has 1 fully saturated rings. The van der Waals surface area contributed by atoms with E-state index in [1.54, 1.807) is 10.4 Å². The summed E-state index contributed by atoms with van der Waals surface area (Å²) in [5.41, 5.74) is 1.58. The van der Waals surface area contributed by atoms with Gasteiger partial charge in [0, 0.05) is 36.6 Å². The maximum atomic E-state index is 3.36. The molecule has 0 radical (unpaired) electrons. The van der Waals surface area contributed by atoms with Crippen LogP contribution in [0.2, 0.25) is 0 Å². The second-order valence-electron chi connectivity index (χ2n) is 4.27. The lowest BCUT2D eigenvalue weighted by Crippen LogP contribution is -2.58. The van der Waals surface area contributed by atoms with Crippen molar-refractivity contribution >= 4 is 11.3 Å². The predicted molar refractivity (Wildman–Crippen MR) is 59.8 cm³/mol. The zero-order valence-corrected chi connectivity index (χ0v) is 9.31. The molecule has 14 heavy (non-hydrogen) atoms. The monoisotopic (exact) mass is 208 g/mol. The van der Waals surface area contributed by atoms with E-state index in [9.17, 15) is 0 Å². The highest BCUT2D eigenvalue weighted by Gasteiger charge is 2.32. The van der Waals surface area contributed by atoms with Crippen LogP contribution in [0.15, 0.2) is 11.4 Å². The summed E-state index contributed by atoms with van der Waals surface area (Å²) >= 11 is 1.93. The van der Waals surface area contributed by atoms with Crippen molar-refractivity contribution in [3.05, 3.63) is 21.9 Å². The van der Waals surface area contributed by atoms with Crippen LogP contribution in [-0.4, -0.2) is 30.6 Å². The number of rotatable bonds is 1. The molecule has 0 aromatic carbocycles. The normalized spacial score (nSPS) is 28.5. The van der Waals surface area contributed by atoms with Crippen LogP contribution in [0.3, 0.4) is 0 Å². The van der Waals surface area contributed by atoms with Gasteiger partial charge in [-0.1, -0.05) is 0 Å². The van der Waals surface area contributed by atoms with Crippen LogP contribution < -0.4 is 5.32 Å². The second-order valence-corrected chi connectivity index (χ2v) is 5.28. The van der Waals surface area contributed by atoms with E-state index in [0.717, 1.165) is 6.04 Å². The molecule has 0 bridgehead atoms. The summed E-state index contributed by atoms with van der Waals surface area (Å²) in [6, 6.07) is 3.73. The lowest BCUT2D eigenvalue weighted by atomic mass is 9.97. The van der Waals surface area contributed by atoms with E-state index in [4.69, 9.17) is 0 Å². The quantitative estimate of drug-likeness (QED) is 0.755. The molecular weight excluding hydrogens is 192 g/mol. The van der Waals surface area contributed by atoms with E-state index in [0.29, 0.717) is 6.04 Å². The van der Waals surface area contributed by atoms with Gasteiger partial charge in [-0.25, -0.2) is 0 Å². The number of hydrogen-bond donors (Lipinski definition) is 1. The van der Waals surface area contributed by atoms with Gasteiger partial charge >= 0.3 is 0 Å². The zero-order valence-electron chi connectivity index (χ0n) is 8.49. The Morgan fingerprint density at radius 2 is 2.36 bits per heavy atom. The smallest absolute Gasteiger partial charge is 0.0351 e. The Kier molecular flexibility index (Phi) is 2.11. The van der Waals surface area contributed by atoms with Crippen LogP contribution >= 0.6 is 11.3 Å². The van der Waals surface area contributed by atoms with E-state index < -0.39 is 0 Å². The third-order valence-electron chi connectivity index (χ3n) is 3.55. The molecule has 1 atom stereocenters. The van der Waals surface area contributed by atoms with Gasteiger partial charge in [-0.15, -0.1) is 11.3 Å². The van der Waals surface area contributed by atoms with Crippen LogP contribution in [-0.2, 0) is 6.42 Å². The minimum atomic E-state index is 0.636. The molecule has 0 saturated carbocycles. The first kappa shape index (κ1) is 8.89. The molecule has 3 heterocycles. The van der Waals surface area contributed by atoms with Gasteiger partial charge in [0.1, 0.15) is 0 Å². The standard InChI is InChI=1S/C11H16N2S/c1-8-10-3-5-14-11(10)2-4-13(8)9-6-12-7-9/h3,5,8-9,12H,2,4,6-7H2,1H3. The fourth-order valence-electron chi connectivity index (χ4n) is 2.54. The van der Waals surface area contributed by atoms with Crippen LogP contribution in [0.4, 0.5) is 0 Å². The molecule has 2 aliphatic heterocycles. The maximum Gasteiger partial charge on any atom is 0.0351 e. The molecule has 0 spiro atoms. The average molecular weight is 208 g/mol. The van der Waals surface area contributed by atoms with Gasteiger partial charge in [-0.05, 0) is 30.4 Å². The Morgan fingerprint density at radius 3 is 3.07 bits per heavy atom. The molecule has 0 aliphatic carbocycles. The average Bonchev–Trinajstić information content (AvgIpc) is 2.55. The molecule has 0 amide bonds. The first-order valence-electron chi connectivity index (χ1n) is 5.39. The molecule has 3 rings (SSSR count). The first-order valence-corrected chi connectivity index (χ1v) is 6.27. The second kappa shape index (κ2) is 3.33. The van der Waals surface area contributed by atoms with Gasteiger partial charge in [-0.3, -0.25) is 4.90 Å². The molecule has 1 aromatic heterocycles. The SMILES string of the molecule is CC1c2ccsc2CCN1C1CNC1. The lowest BCUT2D eigenvalue weighted by molar-refractivity contribution is 0.0963. The fraction of sp³-hybridized carbons (Fsp3) is 0.636. The number of nitrogens with zero attached hydrogens (tertiary/aromatic N) is 1. The third kappa shape index (κ3) is 1.23. The van der Waals surface area contributed by atoms with Crippen LogP contribution in [0.25, 0.3) is 0 Å².